The van der Waals surface area contributed by atoms with E-state index >= 15 is 0 Å². The maximum Gasteiger partial charge on any atom is 0.145 e. The SMILES string of the molecule is c1ccc(-c2nc3ccccc3c3nc(-c4ccc(-c5c6ccccc6c(-c6cccc7ccccc67)c6ccccc56)cc4)n(-c4ccccc4)c23)cc1. The zero-order valence-corrected chi connectivity index (χ0v) is 29.9. The normalized spacial score (nSPS) is 11.6. The van der Waals surface area contributed by atoms with Gasteiger partial charge in [0, 0.05) is 22.2 Å². The fourth-order valence-corrected chi connectivity index (χ4v) is 8.55. The molecule has 0 aliphatic heterocycles. The molecule has 0 atom stereocenters. The summed E-state index contributed by atoms with van der Waals surface area (Å²) in [5, 5.41) is 8.50. The Kier molecular flexibility index (Phi) is 7.17. The Balaban J connectivity index is 1.15. The number of hydrogen-bond acceptors (Lipinski definition) is 2. The molecule has 0 aliphatic carbocycles. The molecule has 0 unspecified atom stereocenters. The van der Waals surface area contributed by atoms with E-state index < -0.39 is 0 Å². The Morgan fingerprint density at radius 1 is 0.345 bits per heavy atom. The third kappa shape index (κ3) is 4.98. The maximum absolute atomic E-state index is 5.47. The number of aromatic nitrogens is 3. The molecule has 0 amide bonds. The maximum atomic E-state index is 5.47. The lowest BCUT2D eigenvalue weighted by Crippen LogP contribution is -2.00. The van der Waals surface area contributed by atoms with Crippen LogP contribution in [0.5, 0.6) is 0 Å². The highest BCUT2D eigenvalue weighted by atomic mass is 15.1. The summed E-state index contributed by atoms with van der Waals surface area (Å²) in [6, 6.07) is 71.4. The van der Waals surface area contributed by atoms with Crippen molar-refractivity contribution in [1.29, 1.82) is 0 Å². The Labute approximate surface area is 318 Å². The highest BCUT2D eigenvalue weighted by Crippen LogP contribution is 2.46. The van der Waals surface area contributed by atoms with Crippen molar-refractivity contribution in [3.05, 3.63) is 200 Å². The van der Waals surface area contributed by atoms with Crippen LogP contribution in [0.15, 0.2) is 200 Å². The van der Waals surface area contributed by atoms with E-state index in [2.05, 4.69) is 193 Å². The quantitative estimate of drug-likeness (QED) is 0.167. The van der Waals surface area contributed by atoms with Gasteiger partial charge in [-0.05, 0) is 72.8 Å². The smallest absolute Gasteiger partial charge is 0.145 e. The molecule has 2 aromatic heterocycles. The third-order valence-electron chi connectivity index (χ3n) is 11.0. The number of para-hydroxylation sites is 2. The Morgan fingerprint density at radius 2 is 0.873 bits per heavy atom. The van der Waals surface area contributed by atoms with Gasteiger partial charge in [-0.15, -0.1) is 0 Å². The minimum absolute atomic E-state index is 0.879. The summed E-state index contributed by atoms with van der Waals surface area (Å²) in [6.45, 7) is 0. The largest absolute Gasteiger partial charge is 0.290 e. The molecule has 0 saturated carbocycles. The van der Waals surface area contributed by atoms with Gasteiger partial charge in [0.25, 0.3) is 0 Å². The van der Waals surface area contributed by atoms with E-state index in [0.717, 1.165) is 50.3 Å². The molecular formula is C52H33N3. The van der Waals surface area contributed by atoms with Crippen LogP contribution in [0.3, 0.4) is 0 Å². The van der Waals surface area contributed by atoms with Gasteiger partial charge in [0.05, 0.1) is 11.2 Å². The van der Waals surface area contributed by atoms with E-state index in [9.17, 15) is 0 Å². The summed E-state index contributed by atoms with van der Waals surface area (Å²) in [6.07, 6.45) is 0. The lowest BCUT2D eigenvalue weighted by Gasteiger charge is -2.19. The predicted molar refractivity (Wildman–Crippen MR) is 231 cm³/mol. The second-order valence-electron chi connectivity index (χ2n) is 14.1. The van der Waals surface area contributed by atoms with Gasteiger partial charge in [0.1, 0.15) is 16.9 Å². The molecule has 11 aromatic rings. The second kappa shape index (κ2) is 12.6. The Morgan fingerprint density at radius 3 is 1.56 bits per heavy atom. The van der Waals surface area contributed by atoms with Crippen molar-refractivity contribution in [2.75, 3.05) is 0 Å². The lowest BCUT2D eigenvalue weighted by atomic mass is 9.84. The lowest BCUT2D eigenvalue weighted by molar-refractivity contribution is 1.10. The van der Waals surface area contributed by atoms with E-state index in [1.54, 1.807) is 0 Å². The summed E-state index contributed by atoms with van der Waals surface area (Å²) in [5.74, 6) is 0.879. The second-order valence-corrected chi connectivity index (χ2v) is 14.1. The molecule has 0 radical (unpaired) electrons. The van der Waals surface area contributed by atoms with Gasteiger partial charge < -0.3 is 0 Å². The molecule has 0 bridgehead atoms. The Bertz CT molecular complexity index is 3170. The average molecular weight is 700 g/mol. The molecule has 3 nitrogen and oxygen atoms in total. The number of benzene rings is 9. The molecule has 9 aromatic carbocycles. The summed E-state index contributed by atoms with van der Waals surface area (Å²) in [4.78, 5) is 10.7. The fourth-order valence-electron chi connectivity index (χ4n) is 8.55. The van der Waals surface area contributed by atoms with Gasteiger partial charge in [-0.1, -0.05) is 182 Å². The van der Waals surface area contributed by atoms with E-state index in [0.29, 0.717) is 0 Å². The number of hydrogen-bond donors (Lipinski definition) is 0. The molecule has 3 heteroatoms. The first-order valence-electron chi connectivity index (χ1n) is 18.8. The molecule has 0 fully saturated rings. The summed E-state index contributed by atoms with van der Waals surface area (Å²) in [7, 11) is 0. The fraction of sp³-hybridized carbons (Fsp3) is 0. The van der Waals surface area contributed by atoms with Crippen LogP contribution in [0.4, 0.5) is 0 Å². The van der Waals surface area contributed by atoms with Crippen molar-refractivity contribution in [2.24, 2.45) is 0 Å². The van der Waals surface area contributed by atoms with Crippen LogP contribution >= 0.6 is 0 Å². The monoisotopic (exact) mass is 699 g/mol. The van der Waals surface area contributed by atoms with E-state index in [-0.39, 0.29) is 0 Å². The van der Waals surface area contributed by atoms with Gasteiger partial charge in [-0.3, -0.25) is 4.57 Å². The van der Waals surface area contributed by atoms with Crippen LogP contribution in [0.25, 0.3) is 105 Å². The van der Waals surface area contributed by atoms with Crippen molar-refractivity contribution in [3.8, 4) is 50.6 Å². The van der Waals surface area contributed by atoms with Gasteiger partial charge in [-0.25, -0.2) is 9.97 Å². The van der Waals surface area contributed by atoms with Crippen LogP contribution in [-0.4, -0.2) is 14.5 Å². The van der Waals surface area contributed by atoms with Gasteiger partial charge >= 0.3 is 0 Å². The van der Waals surface area contributed by atoms with Crippen molar-refractivity contribution >= 4 is 54.3 Å². The van der Waals surface area contributed by atoms with Crippen LogP contribution in [0.1, 0.15) is 0 Å². The zero-order chi connectivity index (χ0) is 36.3. The molecule has 0 N–H and O–H groups in total. The van der Waals surface area contributed by atoms with Gasteiger partial charge in [-0.2, -0.15) is 0 Å². The molecule has 0 spiro atoms. The minimum Gasteiger partial charge on any atom is -0.290 e. The standard InChI is InChI=1S/C52H33N3/c1-3-17-36(18-4-1)49-51-50(45-27-13-14-29-46(45)53-49)54-52(55(51)38-20-5-2-6-21-38)37-32-30-35(31-33-37)47-41-23-9-11-25-43(41)48(44-26-12-10-24-42(44)47)40-28-15-19-34-16-7-8-22-39(34)40/h1-33H. The molecule has 256 valence electrons. The van der Waals surface area contributed by atoms with Crippen LogP contribution < -0.4 is 0 Å². The highest BCUT2D eigenvalue weighted by Gasteiger charge is 2.23. The predicted octanol–water partition coefficient (Wildman–Crippen LogP) is 13.7. The first kappa shape index (κ1) is 31.2. The number of rotatable bonds is 5. The number of pyridine rings is 1. The minimum atomic E-state index is 0.879. The van der Waals surface area contributed by atoms with Crippen molar-refractivity contribution in [3.63, 3.8) is 0 Å². The molecule has 55 heavy (non-hydrogen) atoms. The molecular weight excluding hydrogens is 667 g/mol. The summed E-state index contributed by atoms with van der Waals surface area (Å²) in [5.41, 5.74) is 11.8. The van der Waals surface area contributed by atoms with Crippen LogP contribution in [0.2, 0.25) is 0 Å². The zero-order valence-electron chi connectivity index (χ0n) is 29.9. The van der Waals surface area contributed by atoms with Crippen LogP contribution in [0, 0.1) is 0 Å². The molecule has 2 heterocycles. The van der Waals surface area contributed by atoms with Crippen molar-refractivity contribution in [2.45, 2.75) is 0 Å². The molecule has 0 saturated heterocycles. The number of imidazole rings is 1. The van der Waals surface area contributed by atoms with E-state index in [1.807, 2.05) is 12.1 Å². The van der Waals surface area contributed by atoms with E-state index in [1.165, 1.54) is 54.6 Å². The number of nitrogens with zero attached hydrogens (tertiary/aromatic N) is 3. The molecule has 11 rings (SSSR count). The molecule has 0 aliphatic rings. The van der Waals surface area contributed by atoms with E-state index in [4.69, 9.17) is 9.97 Å². The first-order valence-corrected chi connectivity index (χ1v) is 18.8. The summed E-state index contributed by atoms with van der Waals surface area (Å²) < 4.78 is 2.29. The van der Waals surface area contributed by atoms with Crippen molar-refractivity contribution in [1.82, 2.24) is 14.5 Å². The Hall–Kier alpha value is -7.36. The summed E-state index contributed by atoms with van der Waals surface area (Å²) >= 11 is 0. The van der Waals surface area contributed by atoms with Crippen molar-refractivity contribution < 1.29 is 0 Å². The van der Waals surface area contributed by atoms with Crippen LogP contribution in [-0.2, 0) is 0 Å². The number of fused-ring (bicyclic) bond motifs is 6. The highest BCUT2D eigenvalue weighted by molar-refractivity contribution is 6.23. The van der Waals surface area contributed by atoms with Gasteiger partial charge in [0.2, 0.25) is 0 Å². The third-order valence-corrected chi connectivity index (χ3v) is 11.0. The average Bonchev–Trinajstić information content (AvgIpc) is 3.67. The topological polar surface area (TPSA) is 30.7 Å². The first-order chi connectivity index (χ1) is 27.3. The van der Waals surface area contributed by atoms with Gasteiger partial charge in [0.15, 0.2) is 0 Å².